The maximum Gasteiger partial charge on any atom is 0.243 e. The Bertz CT molecular complexity index is 998. The fourth-order valence-electron chi connectivity index (χ4n) is 3.25. The number of benzene rings is 2. The van der Waals surface area contributed by atoms with Gasteiger partial charge >= 0.3 is 0 Å². The number of aromatic amines is 1. The van der Waals surface area contributed by atoms with E-state index in [0.29, 0.717) is 25.1 Å². The Kier molecular flexibility index (Phi) is 7.40. The zero-order valence-corrected chi connectivity index (χ0v) is 16.9. The molecule has 0 aliphatic carbocycles. The Labute approximate surface area is 174 Å². The third-order valence-corrected chi connectivity index (χ3v) is 4.93. The highest BCUT2D eigenvalue weighted by Gasteiger charge is 2.10. The molecule has 0 saturated carbocycles. The number of fused-ring (bicyclic) bond motifs is 1. The third-order valence-electron chi connectivity index (χ3n) is 4.93. The quantitative estimate of drug-likeness (QED) is 0.229. The van der Waals surface area contributed by atoms with Crippen molar-refractivity contribution in [3.8, 4) is 16.9 Å². The van der Waals surface area contributed by atoms with Crippen LogP contribution >= 0.6 is 0 Å². The van der Waals surface area contributed by atoms with Crippen molar-refractivity contribution in [2.24, 2.45) is 0 Å². The van der Waals surface area contributed by atoms with E-state index < -0.39 is 0 Å². The molecule has 3 rings (SSSR count). The summed E-state index contributed by atoms with van der Waals surface area (Å²) in [6.45, 7) is 0. The molecule has 0 fully saturated rings. The van der Waals surface area contributed by atoms with E-state index >= 15 is 0 Å². The summed E-state index contributed by atoms with van der Waals surface area (Å²) in [5, 5.41) is 19.4. The average Bonchev–Trinajstić information content (AvgIpc) is 3.17. The van der Waals surface area contributed by atoms with E-state index in [4.69, 9.17) is 9.94 Å². The Hall–Kier alpha value is -3.39. The fourth-order valence-corrected chi connectivity index (χ4v) is 3.25. The number of hydrogen-bond acceptors (Lipinski definition) is 5. The molecule has 1 aromatic heterocycles. The predicted octanol–water partition coefficient (Wildman–Crippen LogP) is 4.02. The number of hydrogen-bond donors (Lipinski definition) is 4. The zero-order valence-electron chi connectivity index (χ0n) is 16.9. The largest absolute Gasteiger partial charge is 0.497 e. The molecule has 0 radical (unpaired) electrons. The highest BCUT2D eigenvalue weighted by atomic mass is 16.5. The summed E-state index contributed by atoms with van der Waals surface area (Å²) in [6.07, 6.45) is 3.79. The normalized spacial score (nSPS) is 10.7. The van der Waals surface area contributed by atoms with Gasteiger partial charge in [-0.15, -0.1) is 0 Å². The second-order valence-corrected chi connectivity index (χ2v) is 7.06. The first-order valence-electron chi connectivity index (χ1n) is 9.96. The van der Waals surface area contributed by atoms with E-state index in [9.17, 15) is 9.59 Å². The highest BCUT2D eigenvalue weighted by molar-refractivity contribution is 6.00. The highest BCUT2D eigenvalue weighted by Crippen LogP contribution is 2.28. The van der Waals surface area contributed by atoms with Gasteiger partial charge in [-0.05, 0) is 48.2 Å². The Morgan fingerprint density at radius 2 is 1.63 bits per heavy atom. The first-order chi connectivity index (χ1) is 14.6. The van der Waals surface area contributed by atoms with Crippen molar-refractivity contribution in [3.63, 3.8) is 0 Å². The second kappa shape index (κ2) is 10.4. The maximum atomic E-state index is 12.2. The van der Waals surface area contributed by atoms with E-state index in [-0.39, 0.29) is 11.8 Å². The van der Waals surface area contributed by atoms with Crippen LogP contribution in [0.25, 0.3) is 22.0 Å². The molecule has 2 amide bonds. The summed E-state index contributed by atoms with van der Waals surface area (Å²) in [7, 11) is 1.64. The van der Waals surface area contributed by atoms with Gasteiger partial charge in [-0.2, -0.15) is 5.10 Å². The van der Waals surface area contributed by atoms with Crippen LogP contribution in [0.15, 0.2) is 42.5 Å². The van der Waals surface area contributed by atoms with E-state index in [1.807, 2.05) is 42.5 Å². The SMILES string of the molecule is COc1ccc(-c2ccc3c(NC(=O)CCCCCCC(=O)NO)n[nH]c3c2)cc1. The summed E-state index contributed by atoms with van der Waals surface area (Å²) >= 11 is 0. The second-order valence-electron chi connectivity index (χ2n) is 7.06. The first-order valence-corrected chi connectivity index (χ1v) is 9.96. The van der Waals surface area contributed by atoms with Crippen LogP contribution in [0.5, 0.6) is 5.75 Å². The van der Waals surface area contributed by atoms with Gasteiger partial charge in [0, 0.05) is 18.2 Å². The van der Waals surface area contributed by atoms with E-state index in [0.717, 1.165) is 47.0 Å². The molecule has 0 saturated heterocycles. The molecule has 1 heterocycles. The Morgan fingerprint density at radius 3 is 2.30 bits per heavy atom. The number of carbonyl (C=O) groups is 2. The van der Waals surface area contributed by atoms with Crippen LogP contribution in [0.1, 0.15) is 38.5 Å². The number of rotatable bonds is 10. The number of aromatic nitrogens is 2. The van der Waals surface area contributed by atoms with Gasteiger partial charge in [-0.25, -0.2) is 5.48 Å². The lowest BCUT2D eigenvalue weighted by atomic mass is 10.0. The van der Waals surface area contributed by atoms with Gasteiger partial charge in [0.15, 0.2) is 5.82 Å². The van der Waals surface area contributed by atoms with Crippen LogP contribution in [0, 0.1) is 0 Å². The van der Waals surface area contributed by atoms with E-state index in [1.54, 1.807) is 12.6 Å². The van der Waals surface area contributed by atoms with Crippen LogP contribution in [-0.2, 0) is 9.59 Å². The minimum Gasteiger partial charge on any atom is -0.497 e. The van der Waals surface area contributed by atoms with Gasteiger partial charge in [0.2, 0.25) is 11.8 Å². The minimum absolute atomic E-state index is 0.0873. The summed E-state index contributed by atoms with van der Waals surface area (Å²) in [6, 6.07) is 13.8. The van der Waals surface area contributed by atoms with Crippen LogP contribution in [0.3, 0.4) is 0 Å². The van der Waals surface area contributed by atoms with Crippen molar-refractivity contribution in [3.05, 3.63) is 42.5 Å². The van der Waals surface area contributed by atoms with Crippen LogP contribution in [-0.4, -0.2) is 34.3 Å². The van der Waals surface area contributed by atoms with E-state index in [2.05, 4.69) is 15.5 Å². The Morgan fingerprint density at radius 1 is 0.967 bits per heavy atom. The predicted molar refractivity (Wildman–Crippen MR) is 114 cm³/mol. The van der Waals surface area contributed by atoms with Crippen LogP contribution < -0.4 is 15.5 Å². The average molecular weight is 410 g/mol. The minimum atomic E-state index is -0.381. The monoisotopic (exact) mass is 410 g/mol. The first kappa shape index (κ1) is 21.3. The zero-order chi connectivity index (χ0) is 21.3. The number of methoxy groups -OCH3 is 1. The van der Waals surface area contributed by atoms with Gasteiger partial charge in [-0.1, -0.05) is 31.0 Å². The standard InChI is InChI=1S/C22H26N4O4/c1-30-17-11-8-15(9-12-17)16-10-13-18-19(14-16)24-25-22(18)23-20(27)6-4-2-3-5-7-21(28)26-29/h8-14,29H,2-7H2,1H3,(H,26,28)(H2,23,24,25,27). The Balaban J connectivity index is 1.52. The molecule has 158 valence electrons. The molecule has 0 aliphatic rings. The fraction of sp³-hybridized carbons (Fsp3) is 0.318. The lowest BCUT2D eigenvalue weighted by Crippen LogP contribution is -2.17. The van der Waals surface area contributed by atoms with Gasteiger partial charge in [0.05, 0.1) is 12.6 Å². The van der Waals surface area contributed by atoms with Crippen molar-refractivity contribution < 1.29 is 19.5 Å². The molecule has 30 heavy (non-hydrogen) atoms. The smallest absolute Gasteiger partial charge is 0.243 e. The topological polar surface area (TPSA) is 116 Å². The lowest BCUT2D eigenvalue weighted by Gasteiger charge is -2.05. The molecule has 0 aliphatic heterocycles. The van der Waals surface area contributed by atoms with Crippen molar-refractivity contribution in [1.82, 2.24) is 15.7 Å². The molecule has 0 unspecified atom stereocenters. The molecule has 3 aromatic rings. The molecule has 2 aromatic carbocycles. The summed E-state index contributed by atoms with van der Waals surface area (Å²) < 4.78 is 5.20. The van der Waals surface area contributed by atoms with Crippen molar-refractivity contribution >= 4 is 28.5 Å². The number of anilines is 1. The molecular weight excluding hydrogens is 384 g/mol. The van der Waals surface area contributed by atoms with Crippen molar-refractivity contribution in [1.29, 1.82) is 0 Å². The van der Waals surface area contributed by atoms with Crippen molar-refractivity contribution in [2.45, 2.75) is 38.5 Å². The van der Waals surface area contributed by atoms with Gasteiger partial charge in [0.25, 0.3) is 0 Å². The van der Waals surface area contributed by atoms with Gasteiger partial charge < -0.3 is 10.1 Å². The van der Waals surface area contributed by atoms with E-state index in [1.165, 1.54) is 0 Å². The number of ether oxygens (including phenoxy) is 1. The number of hydroxylamine groups is 1. The van der Waals surface area contributed by atoms with Crippen LogP contribution in [0.4, 0.5) is 5.82 Å². The van der Waals surface area contributed by atoms with Gasteiger partial charge in [-0.3, -0.25) is 19.9 Å². The number of H-pyrrole nitrogens is 1. The number of nitrogens with one attached hydrogen (secondary N) is 3. The lowest BCUT2D eigenvalue weighted by molar-refractivity contribution is -0.129. The van der Waals surface area contributed by atoms with Crippen molar-refractivity contribution in [2.75, 3.05) is 12.4 Å². The molecule has 4 N–H and O–H groups in total. The number of amides is 2. The molecule has 0 bridgehead atoms. The number of nitrogens with zero attached hydrogens (tertiary/aromatic N) is 1. The third kappa shape index (κ3) is 5.57. The molecule has 8 heteroatoms. The van der Waals surface area contributed by atoms with Crippen LogP contribution in [0.2, 0.25) is 0 Å². The molecule has 8 nitrogen and oxygen atoms in total. The maximum absolute atomic E-state index is 12.2. The summed E-state index contributed by atoms with van der Waals surface area (Å²) in [5.41, 5.74) is 4.57. The molecular formula is C22H26N4O4. The number of unbranched alkanes of at least 4 members (excludes halogenated alkanes) is 3. The van der Waals surface area contributed by atoms with Gasteiger partial charge in [0.1, 0.15) is 5.75 Å². The summed E-state index contributed by atoms with van der Waals surface area (Å²) in [5.74, 6) is 0.863. The molecule has 0 spiro atoms. The molecule has 0 atom stereocenters. The summed E-state index contributed by atoms with van der Waals surface area (Å²) in [4.78, 5) is 23.1. The number of carbonyl (C=O) groups excluding carboxylic acids is 2.